The topological polar surface area (TPSA) is 78.9 Å². The number of nitrogens with zero attached hydrogens (tertiary/aromatic N) is 3. The molecule has 10 heteroatoms. The summed E-state index contributed by atoms with van der Waals surface area (Å²) in [7, 11) is 0. The third kappa shape index (κ3) is 5.82. The zero-order valence-corrected chi connectivity index (χ0v) is 25.9. The fourth-order valence-electron chi connectivity index (χ4n) is 4.44. The molecule has 42 heavy (non-hydrogen) atoms. The molecule has 0 bridgehead atoms. The van der Waals surface area contributed by atoms with Crippen LogP contribution in [-0.2, 0) is 6.61 Å². The van der Waals surface area contributed by atoms with Crippen molar-refractivity contribution in [3.63, 3.8) is 0 Å². The Hall–Kier alpha value is -4.03. The van der Waals surface area contributed by atoms with Gasteiger partial charge in [-0.1, -0.05) is 40.2 Å². The number of hydrogen-bond donors (Lipinski definition) is 0. The summed E-state index contributed by atoms with van der Waals surface area (Å²) in [5, 5.41) is 5.88. The average Bonchev–Trinajstić information content (AvgIpc) is 3.40. The predicted molar refractivity (Wildman–Crippen MR) is 173 cm³/mol. The van der Waals surface area contributed by atoms with Crippen LogP contribution in [0.2, 0.25) is 0 Å². The average molecular weight is 738 g/mol. The van der Waals surface area contributed by atoms with E-state index < -0.39 is 0 Å². The van der Waals surface area contributed by atoms with E-state index in [0.717, 1.165) is 19.0 Å². The van der Waals surface area contributed by atoms with Crippen molar-refractivity contribution < 1.29 is 18.3 Å². The number of para-hydroxylation sites is 1. The van der Waals surface area contributed by atoms with Gasteiger partial charge in [0, 0.05) is 9.86 Å². The van der Waals surface area contributed by atoms with Crippen LogP contribution in [0.4, 0.5) is 4.39 Å². The maximum absolute atomic E-state index is 13.6. The Labute approximate surface area is 261 Å². The van der Waals surface area contributed by atoms with Crippen LogP contribution < -0.4 is 15.0 Å². The summed E-state index contributed by atoms with van der Waals surface area (Å²) in [6.45, 7) is 2.55. The number of furan rings is 1. The fraction of sp³-hybridized carbons (Fsp3) is 0.0938. The summed E-state index contributed by atoms with van der Waals surface area (Å²) in [6.07, 6.45) is 1.58. The van der Waals surface area contributed by atoms with Crippen LogP contribution in [0, 0.1) is 9.39 Å². The zero-order valence-electron chi connectivity index (χ0n) is 22.2. The zero-order chi connectivity index (χ0) is 29.2. The Bertz CT molecular complexity index is 2020. The largest absolute Gasteiger partial charge is 0.490 e. The van der Waals surface area contributed by atoms with Gasteiger partial charge in [-0.25, -0.2) is 9.37 Å². The molecule has 0 saturated heterocycles. The maximum Gasteiger partial charge on any atom is 0.282 e. The molecule has 0 fully saturated rings. The van der Waals surface area contributed by atoms with Gasteiger partial charge in [-0.2, -0.15) is 9.78 Å². The number of aromatic nitrogens is 2. The normalized spacial score (nSPS) is 11.5. The van der Waals surface area contributed by atoms with Gasteiger partial charge in [0.15, 0.2) is 17.3 Å². The van der Waals surface area contributed by atoms with Crippen LogP contribution in [0.25, 0.3) is 33.5 Å². The standard InChI is InChI=1S/C32H22BrFIN3O4/c1-2-40-28-14-20(13-25(35)30(28)41-18-19-7-10-23(34)11-8-19)17-36-38-31(37-26-6-4-3-5-24(26)32(38)39)29-16-21-15-22(33)9-12-27(21)42-29/h3-17H,2,18H2,1H3. The van der Waals surface area contributed by atoms with Crippen molar-refractivity contribution in [1.82, 2.24) is 9.66 Å². The Morgan fingerprint density at radius 3 is 2.67 bits per heavy atom. The maximum atomic E-state index is 13.6. The van der Waals surface area contributed by atoms with Crippen molar-refractivity contribution in [3.05, 3.63) is 120 Å². The molecule has 0 N–H and O–H groups in total. The summed E-state index contributed by atoms with van der Waals surface area (Å²) in [6, 6.07) is 24.5. The highest BCUT2D eigenvalue weighted by atomic mass is 127. The molecule has 0 saturated carbocycles. The number of halogens is 3. The molecule has 0 aliphatic carbocycles. The fourth-order valence-corrected chi connectivity index (χ4v) is 5.60. The van der Waals surface area contributed by atoms with Gasteiger partial charge in [-0.05, 0) is 101 Å². The minimum atomic E-state index is -0.326. The van der Waals surface area contributed by atoms with Gasteiger partial charge in [0.25, 0.3) is 5.56 Å². The van der Waals surface area contributed by atoms with Crippen molar-refractivity contribution in [2.24, 2.45) is 5.10 Å². The molecule has 0 atom stereocenters. The second-order valence-corrected chi connectivity index (χ2v) is 11.4. The van der Waals surface area contributed by atoms with Crippen LogP contribution in [0.3, 0.4) is 0 Å². The predicted octanol–water partition coefficient (Wildman–Crippen LogP) is 8.18. The number of rotatable bonds is 8. The lowest BCUT2D eigenvalue weighted by Gasteiger charge is -2.15. The Kier molecular flexibility index (Phi) is 8.07. The molecule has 210 valence electrons. The lowest BCUT2D eigenvalue weighted by molar-refractivity contribution is 0.267. The highest BCUT2D eigenvalue weighted by Crippen LogP contribution is 2.35. The third-order valence-electron chi connectivity index (χ3n) is 6.40. The molecule has 6 aromatic rings. The first kappa shape index (κ1) is 28.1. The van der Waals surface area contributed by atoms with Gasteiger partial charge in [0.05, 0.1) is 27.3 Å². The van der Waals surface area contributed by atoms with Gasteiger partial charge in [-0.15, -0.1) is 0 Å². The molecule has 0 aliphatic rings. The van der Waals surface area contributed by atoms with E-state index in [9.17, 15) is 9.18 Å². The van der Waals surface area contributed by atoms with Crippen LogP contribution >= 0.6 is 38.5 Å². The quantitative estimate of drug-likeness (QED) is 0.116. The van der Waals surface area contributed by atoms with Crippen LogP contribution in [0.5, 0.6) is 11.5 Å². The molecule has 0 unspecified atom stereocenters. The number of ether oxygens (including phenoxy) is 2. The molecule has 4 aromatic carbocycles. The molecule has 0 radical (unpaired) electrons. The molecular formula is C32H22BrFIN3O4. The van der Waals surface area contributed by atoms with E-state index in [2.05, 4.69) is 43.6 Å². The summed E-state index contributed by atoms with van der Waals surface area (Å²) >= 11 is 5.66. The number of hydrogen-bond acceptors (Lipinski definition) is 6. The Morgan fingerprint density at radius 1 is 1.05 bits per heavy atom. The monoisotopic (exact) mass is 737 g/mol. The molecule has 7 nitrogen and oxygen atoms in total. The molecule has 2 aromatic heterocycles. The molecule has 6 rings (SSSR count). The van der Waals surface area contributed by atoms with Crippen LogP contribution in [0.1, 0.15) is 18.1 Å². The molecular weight excluding hydrogens is 716 g/mol. The van der Waals surface area contributed by atoms with E-state index in [4.69, 9.17) is 18.9 Å². The molecule has 0 aliphatic heterocycles. The summed E-state index contributed by atoms with van der Waals surface area (Å²) in [5.41, 5.74) is 2.40. The van der Waals surface area contributed by atoms with Crippen LogP contribution in [0.15, 0.2) is 104 Å². The van der Waals surface area contributed by atoms with E-state index in [1.54, 1.807) is 42.6 Å². The highest BCUT2D eigenvalue weighted by molar-refractivity contribution is 14.1. The van der Waals surface area contributed by atoms with Gasteiger partial charge < -0.3 is 13.9 Å². The third-order valence-corrected chi connectivity index (χ3v) is 7.70. The van der Waals surface area contributed by atoms with Crippen LogP contribution in [-0.4, -0.2) is 22.5 Å². The highest BCUT2D eigenvalue weighted by Gasteiger charge is 2.17. The minimum absolute atomic E-state index is 0.249. The summed E-state index contributed by atoms with van der Waals surface area (Å²) in [5.74, 6) is 1.49. The summed E-state index contributed by atoms with van der Waals surface area (Å²) < 4.78 is 34.3. The number of benzene rings is 4. The van der Waals surface area contributed by atoms with Crippen molar-refractivity contribution in [2.75, 3.05) is 6.61 Å². The number of fused-ring (bicyclic) bond motifs is 2. The lowest BCUT2D eigenvalue weighted by atomic mass is 10.2. The lowest BCUT2D eigenvalue weighted by Crippen LogP contribution is -2.20. The van der Waals surface area contributed by atoms with Crippen molar-refractivity contribution in [3.8, 4) is 23.1 Å². The van der Waals surface area contributed by atoms with Crippen molar-refractivity contribution >= 4 is 66.6 Å². The van der Waals surface area contributed by atoms with Gasteiger partial charge in [-0.3, -0.25) is 4.79 Å². The van der Waals surface area contributed by atoms with Gasteiger partial charge in [0.2, 0.25) is 5.82 Å². The van der Waals surface area contributed by atoms with E-state index in [1.165, 1.54) is 16.8 Å². The first-order valence-corrected chi connectivity index (χ1v) is 14.9. The Balaban J connectivity index is 1.40. The first-order chi connectivity index (χ1) is 20.4. The second kappa shape index (κ2) is 12.1. The van der Waals surface area contributed by atoms with Gasteiger partial charge in [0.1, 0.15) is 18.0 Å². The van der Waals surface area contributed by atoms with E-state index in [-0.39, 0.29) is 23.8 Å². The van der Waals surface area contributed by atoms with Gasteiger partial charge >= 0.3 is 0 Å². The summed E-state index contributed by atoms with van der Waals surface area (Å²) in [4.78, 5) is 18.4. The molecule has 0 spiro atoms. The molecule has 0 amide bonds. The smallest absolute Gasteiger partial charge is 0.282 e. The van der Waals surface area contributed by atoms with Crippen molar-refractivity contribution in [2.45, 2.75) is 13.5 Å². The minimum Gasteiger partial charge on any atom is -0.490 e. The van der Waals surface area contributed by atoms with Crippen molar-refractivity contribution in [1.29, 1.82) is 0 Å². The Morgan fingerprint density at radius 2 is 1.86 bits per heavy atom. The van der Waals surface area contributed by atoms with E-state index in [0.29, 0.717) is 45.9 Å². The second-order valence-electron chi connectivity index (χ2n) is 9.29. The van der Waals surface area contributed by atoms with E-state index in [1.807, 2.05) is 43.3 Å². The SMILES string of the molecule is CCOc1cc(C=Nn2c(-c3cc4cc(Br)ccc4o3)nc3ccccc3c2=O)cc(I)c1OCc1ccc(F)cc1. The first-order valence-electron chi connectivity index (χ1n) is 13.0. The molecule has 2 heterocycles. The van der Waals surface area contributed by atoms with E-state index >= 15 is 0 Å².